The molecule has 4 aromatic rings. The van der Waals surface area contributed by atoms with Gasteiger partial charge in [0, 0.05) is 43.7 Å². The highest BCUT2D eigenvalue weighted by Gasteiger charge is 2.45. The van der Waals surface area contributed by atoms with Crippen molar-refractivity contribution in [1.29, 1.82) is 0 Å². The Morgan fingerprint density at radius 2 is 1.79 bits per heavy atom. The van der Waals surface area contributed by atoms with Crippen LogP contribution in [0.3, 0.4) is 0 Å². The van der Waals surface area contributed by atoms with Gasteiger partial charge in [-0.25, -0.2) is 13.8 Å². The number of anilines is 1. The number of pyridine rings is 1. The molecule has 2 aromatic heterocycles. The molecule has 0 aliphatic carbocycles. The van der Waals surface area contributed by atoms with Crippen LogP contribution in [0.1, 0.15) is 64.1 Å². The van der Waals surface area contributed by atoms with Crippen LogP contribution >= 0.6 is 0 Å². The van der Waals surface area contributed by atoms with Crippen LogP contribution in [0.2, 0.25) is 0 Å². The number of hydrogen-bond donors (Lipinski definition) is 1. The fraction of sp³-hybridized carbons (Fsp3) is 0.513. The van der Waals surface area contributed by atoms with E-state index in [-0.39, 0.29) is 34.4 Å². The molecule has 52 heavy (non-hydrogen) atoms. The number of aromatic nitrogens is 3. The summed E-state index contributed by atoms with van der Waals surface area (Å²) in [6.07, 6.45) is 5.87. The van der Waals surface area contributed by atoms with E-state index in [1.165, 1.54) is 6.07 Å². The zero-order valence-corrected chi connectivity index (χ0v) is 30.0. The van der Waals surface area contributed by atoms with Gasteiger partial charge in [0.1, 0.15) is 35.6 Å². The summed E-state index contributed by atoms with van der Waals surface area (Å²) in [5.74, 6) is 2.08. The fourth-order valence-corrected chi connectivity index (χ4v) is 7.92. The third-order valence-electron chi connectivity index (χ3n) is 10.6. The number of fused-ring (bicyclic) bond motifs is 4. The van der Waals surface area contributed by atoms with E-state index in [9.17, 15) is 17.6 Å². The maximum absolute atomic E-state index is 16.8. The van der Waals surface area contributed by atoms with Crippen molar-refractivity contribution in [2.24, 2.45) is 0 Å². The average Bonchev–Trinajstić information content (AvgIpc) is 3.70. The Balaban J connectivity index is 0.000000414. The summed E-state index contributed by atoms with van der Waals surface area (Å²) in [4.78, 5) is 19.4. The first-order valence-corrected chi connectivity index (χ1v) is 18.1. The van der Waals surface area contributed by atoms with Crippen molar-refractivity contribution in [2.45, 2.75) is 83.2 Å². The zero-order valence-electron chi connectivity index (χ0n) is 30.0. The SMILES string of the molecule is C#Cc1c(F)ccc2cccc(-c3nc4c5c(nc(OCC67CCCN6CCC7)nc5c3F)N3CCNCC3CC4)c12.CC.COC(C)C(F)(F)F. The van der Waals surface area contributed by atoms with E-state index in [0.29, 0.717) is 35.2 Å². The monoisotopic (exact) mass is 724 g/mol. The van der Waals surface area contributed by atoms with Crippen molar-refractivity contribution < 1.29 is 31.4 Å². The van der Waals surface area contributed by atoms with E-state index in [2.05, 4.69) is 25.8 Å². The van der Waals surface area contributed by atoms with E-state index in [1.807, 2.05) is 26.0 Å². The molecule has 1 N–H and O–H groups in total. The molecule has 2 atom stereocenters. The van der Waals surface area contributed by atoms with Gasteiger partial charge in [0.15, 0.2) is 5.82 Å². The smallest absolute Gasteiger partial charge is 0.414 e. The number of alkyl halides is 3. The molecule has 0 amide bonds. The number of benzene rings is 2. The summed E-state index contributed by atoms with van der Waals surface area (Å²) in [7, 11) is 1.03. The topological polar surface area (TPSA) is 75.6 Å². The van der Waals surface area contributed by atoms with E-state index >= 15 is 4.39 Å². The molecule has 8 nitrogen and oxygen atoms in total. The predicted molar refractivity (Wildman–Crippen MR) is 193 cm³/mol. The number of halogens is 5. The fourth-order valence-electron chi connectivity index (χ4n) is 7.92. The molecule has 3 saturated heterocycles. The summed E-state index contributed by atoms with van der Waals surface area (Å²) in [5, 5.41) is 5.32. The third kappa shape index (κ3) is 7.00. The summed E-state index contributed by atoms with van der Waals surface area (Å²) >= 11 is 0. The van der Waals surface area contributed by atoms with Crippen molar-refractivity contribution in [2.75, 3.05) is 51.3 Å². The molecule has 2 aromatic carbocycles. The second kappa shape index (κ2) is 15.5. The molecule has 4 aliphatic rings. The minimum absolute atomic E-state index is 0.00970. The molecule has 3 fully saturated rings. The lowest BCUT2D eigenvalue weighted by atomic mass is 9.95. The van der Waals surface area contributed by atoms with E-state index in [4.69, 9.17) is 26.1 Å². The largest absolute Gasteiger partial charge is 0.461 e. The van der Waals surface area contributed by atoms with E-state index < -0.39 is 23.9 Å². The lowest BCUT2D eigenvalue weighted by Gasteiger charge is -2.36. The summed E-state index contributed by atoms with van der Waals surface area (Å²) in [5.41, 5.74) is 1.61. The third-order valence-corrected chi connectivity index (χ3v) is 10.6. The highest BCUT2D eigenvalue weighted by Crippen LogP contribution is 2.42. The van der Waals surface area contributed by atoms with E-state index in [1.54, 1.807) is 12.1 Å². The molecule has 6 heterocycles. The molecule has 0 spiro atoms. The second-order valence-corrected chi connectivity index (χ2v) is 13.5. The number of nitrogens with zero attached hydrogens (tertiary/aromatic N) is 5. The van der Waals surface area contributed by atoms with Crippen LogP contribution in [-0.2, 0) is 11.2 Å². The zero-order chi connectivity index (χ0) is 37.2. The average molecular weight is 725 g/mol. The molecule has 8 rings (SSSR count). The minimum Gasteiger partial charge on any atom is -0.461 e. The standard InChI is InChI=1S/C33H32F2N6O.C4H7F3O.C2H6/c1-2-22-24(34)10-8-20-6-3-7-23(26(20)22)29-28(35)30-27-25(37-29)11-9-21-18-36-14-17-41(21)31(27)39-32(38-30)42-19-33-12-4-15-40(33)16-5-13-33;1-3(8-2)4(5,6)7;1-2/h1,3,6-8,10,21,36H,4-5,9,11-19H2;3H,1-2H3;1-2H3. The Morgan fingerprint density at radius 1 is 1.04 bits per heavy atom. The van der Waals surface area contributed by atoms with Gasteiger partial charge in [0.05, 0.1) is 22.2 Å². The molecule has 0 bridgehead atoms. The number of methoxy groups -OCH3 is 1. The van der Waals surface area contributed by atoms with Crippen LogP contribution in [-0.4, -0.2) is 90.2 Å². The van der Waals surface area contributed by atoms with Gasteiger partial charge in [0.2, 0.25) is 0 Å². The second-order valence-electron chi connectivity index (χ2n) is 13.5. The van der Waals surface area contributed by atoms with Crippen LogP contribution in [0.25, 0.3) is 32.9 Å². The van der Waals surface area contributed by atoms with E-state index in [0.717, 1.165) is 89.9 Å². The van der Waals surface area contributed by atoms with Gasteiger partial charge in [-0.3, -0.25) is 4.90 Å². The van der Waals surface area contributed by atoms with Gasteiger partial charge in [-0.1, -0.05) is 44.0 Å². The van der Waals surface area contributed by atoms with Crippen LogP contribution < -0.4 is 15.0 Å². The van der Waals surface area contributed by atoms with Crippen LogP contribution in [0.15, 0.2) is 30.3 Å². The number of aryl methyl sites for hydroxylation is 1. The number of terminal acetylenes is 1. The Morgan fingerprint density at radius 3 is 2.46 bits per heavy atom. The predicted octanol–water partition coefficient (Wildman–Crippen LogP) is 7.45. The quantitative estimate of drug-likeness (QED) is 0.168. The number of ether oxygens (including phenoxy) is 2. The molecule has 2 unspecified atom stereocenters. The first-order chi connectivity index (χ1) is 25.0. The normalized spacial score (nSPS) is 19.8. The van der Waals surface area contributed by atoms with Gasteiger partial charge in [0.25, 0.3) is 0 Å². The van der Waals surface area contributed by atoms with Crippen molar-refractivity contribution in [1.82, 2.24) is 25.2 Å². The van der Waals surface area contributed by atoms with Gasteiger partial charge in [-0.15, -0.1) is 6.42 Å². The Kier molecular flexibility index (Phi) is 11.2. The highest BCUT2D eigenvalue weighted by atomic mass is 19.4. The Labute approximate surface area is 301 Å². The van der Waals surface area contributed by atoms with Crippen molar-refractivity contribution in [3.63, 3.8) is 0 Å². The molecule has 278 valence electrons. The van der Waals surface area contributed by atoms with Gasteiger partial charge >= 0.3 is 12.2 Å². The van der Waals surface area contributed by atoms with Gasteiger partial charge in [-0.05, 0) is 70.0 Å². The summed E-state index contributed by atoms with van der Waals surface area (Å²) in [6, 6.07) is 8.82. The first kappa shape index (κ1) is 37.6. The number of hydrogen-bond acceptors (Lipinski definition) is 8. The lowest BCUT2D eigenvalue weighted by molar-refractivity contribution is -0.206. The molecule has 0 saturated carbocycles. The highest BCUT2D eigenvalue weighted by molar-refractivity contribution is 6.02. The Hall–Kier alpha value is -4.12. The molecule has 4 aliphatic heterocycles. The van der Waals surface area contributed by atoms with Crippen molar-refractivity contribution in [3.8, 4) is 29.6 Å². The van der Waals surface area contributed by atoms with Crippen LogP contribution in [0.5, 0.6) is 6.01 Å². The van der Waals surface area contributed by atoms with Gasteiger partial charge in [-0.2, -0.15) is 23.1 Å². The number of nitrogens with one attached hydrogen (secondary N) is 1. The molecular weight excluding hydrogens is 679 g/mol. The molecule has 13 heteroatoms. The maximum atomic E-state index is 16.8. The molecule has 0 radical (unpaired) electrons. The Bertz CT molecular complexity index is 1950. The minimum atomic E-state index is -4.21. The first-order valence-electron chi connectivity index (χ1n) is 18.1. The van der Waals surface area contributed by atoms with Crippen molar-refractivity contribution >= 4 is 27.5 Å². The van der Waals surface area contributed by atoms with Crippen LogP contribution in [0, 0.1) is 24.0 Å². The van der Waals surface area contributed by atoms with Crippen LogP contribution in [0.4, 0.5) is 27.8 Å². The summed E-state index contributed by atoms with van der Waals surface area (Å²) < 4.78 is 76.0. The van der Waals surface area contributed by atoms with Gasteiger partial charge < -0.3 is 19.7 Å². The lowest BCUT2D eigenvalue weighted by Crippen LogP contribution is -2.51. The molecular formula is C39H45F5N6O2. The van der Waals surface area contributed by atoms with Crippen molar-refractivity contribution in [3.05, 3.63) is 53.2 Å². The number of piperazine rings is 1. The summed E-state index contributed by atoms with van der Waals surface area (Å²) in [6.45, 7) is 10.0. The number of rotatable bonds is 5. The maximum Gasteiger partial charge on any atom is 0.414 e.